The summed E-state index contributed by atoms with van der Waals surface area (Å²) in [6.45, 7) is 4.07. The predicted octanol–water partition coefficient (Wildman–Crippen LogP) is 2.75. The Kier molecular flexibility index (Phi) is 6.52. The molecule has 0 aliphatic heterocycles. The number of rotatable bonds is 7. The highest BCUT2D eigenvalue weighted by Gasteiger charge is 2.19. The fourth-order valence-electron chi connectivity index (χ4n) is 1.95. The Balaban J connectivity index is 2.50. The van der Waals surface area contributed by atoms with Crippen LogP contribution >= 0.6 is 11.6 Å². The van der Waals surface area contributed by atoms with Crippen molar-refractivity contribution in [3.8, 4) is 0 Å². The first-order chi connectivity index (χ1) is 9.40. The average molecular weight is 298 g/mol. The quantitative estimate of drug-likeness (QED) is 0.813. The van der Waals surface area contributed by atoms with Crippen LogP contribution in [0.2, 0.25) is 5.02 Å². The van der Waals surface area contributed by atoms with E-state index in [1.807, 2.05) is 19.9 Å². The maximum absolute atomic E-state index is 11.8. The highest BCUT2D eigenvalue weighted by Crippen LogP contribution is 2.15. The van der Waals surface area contributed by atoms with E-state index in [0.717, 1.165) is 5.56 Å². The molecule has 0 aromatic heterocycles. The molecule has 2 N–H and O–H groups in total. The van der Waals surface area contributed by atoms with Crippen molar-refractivity contribution in [1.82, 2.24) is 5.32 Å². The van der Waals surface area contributed by atoms with Crippen LogP contribution in [0.15, 0.2) is 24.3 Å². The van der Waals surface area contributed by atoms with Crippen molar-refractivity contribution in [2.45, 2.75) is 26.7 Å². The third kappa shape index (κ3) is 5.61. The smallest absolute Gasteiger partial charge is 0.308 e. The van der Waals surface area contributed by atoms with Crippen LogP contribution in [0.4, 0.5) is 0 Å². The van der Waals surface area contributed by atoms with E-state index >= 15 is 0 Å². The number of hydrogen-bond acceptors (Lipinski definition) is 2. The topological polar surface area (TPSA) is 66.4 Å². The molecule has 110 valence electrons. The Labute approximate surface area is 124 Å². The van der Waals surface area contributed by atoms with Gasteiger partial charge in [-0.05, 0) is 24.0 Å². The first-order valence-corrected chi connectivity index (χ1v) is 7.00. The molecule has 0 radical (unpaired) electrons. The van der Waals surface area contributed by atoms with Gasteiger partial charge in [-0.1, -0.05) is 43.6 Å². The summed E-state index contributed by atoms with van der Waals surface area (Å²) in [6.07, 6.45) is 0.704. The van der Waals surface area contributed by atoms with Crippen LogP contribution in [0, 0.1) is 11.8 Å². The minimum absolute atomic E-state index is 0.150. The number of amides is 1. The maximum Gasteiger partial charge on any atom is 0.308 e. The second-order valence-electron chi connectivity index (χ2n) is 5.24. The standard InChI is InChI=1S/C15H20ClNO3/c1-10(2)7-12(15(19)20)9-17-14(18)8-11-5-3-4-6-13(11)16/h3-6,10,12H,7-9H2,1-2H3,(H,17,18)(H,19,20). The van der Waals surface area contributed by atoms with Crippen LogP contribution in [0.25, 0.3) is 0 Å². The number of nitrogens with one attached hydrogen (secondary N) is 1. The van der Waals surface area contributed by atoms with Crippen LogP contribution in [-0.2, 0) is 16.0 Å². The first kappa shape index (κ1) is 16.5. The summed E-state index contributed by atoms with van der Waals surface area (Å²) in [7, 11) is 0. The molecule has 5 heteroatoms. The van der Waals surface area contributed by atoms with Gasteiger partial charge in [0.2, 0.25) is 5.91 Å². The summed E-state index contributed by atoms with van der Waals surface area (Å²) in [6, 6.07) is 7.12. The van der Waals surface area contributed by atoms with E-state index in [0.29, 0.717) is 11.4 Å². The van der Waals surface area contributed by atoms with Crippen molar-refractivity contribution < 1.29 is 14.7 Å². The van der Waals surface area contributed by atoms with Gasteiger partial charge in [-0.2, -0.15) is 0 Å². The van der Waals surface area contributed by atoms with Crippen molar-refractivity contribution in [2.75, 3.05) is 6.54 Å². The number of halogens is 1. The molecule has 0 aliphatic rings. The largest absolute Gasteiger partial charge is 0.481 e. The van der Waals surface area contributed by atoms with E-state index in [1.54, 1.807) is 18.2 Å². The van der Waals surface area contributed by atoms with Gasteiger partial charge in [-0.15, -0.1) is 0 Å². The van der Waals surface area contributed by atoms with Crippen molar-refractivity contribution in [1.29, 1.82) is 0 Å². The lowest BCUT2D eigenvalue weighted by Crippen LogP contribution is -2.34. The average Bonchev–Trinajstić information content (AvgIpc) is 2.36. The summed E-state index contributed by atoms with van der Waals surface area (Å²) in [5.41, 5.74) is 0.738. The Morgan fingerprint density at radius 2 is 1.95 bits per heavy atom. The number of benzene rings is 1. The van der Waals surface area contributed by atoms with Gasteiger partial charge in [0, 0.05) is 11.6 Å². The zero-order valence-corrected chi connectivity index (χ0v) is 12.5. The molecule has 0 bridgehead atoms. The molecule has 20 heavy (non-hydrogen) atoms. The van der Waals surface area contributed by atoms with E-state index < -0.39 is 11.9 Å². The number of hydrogen-bond donors (Lipinski definition) is 2. The molecule has 0 fully saturated rings. The number of carboxylic acids is 1. The van der Waals surface area contributed by atoms with E-state index in [1.165, 1.54) is 0 Å². The first-order valence-electron chi connectivity index (χ1n) is 6.63. The molecule has 1 aromatic rings. The summed E-state index contributed by atoms with van der Waals surface area (Å²) < 4.78 is 0. The van der Waals surface area contributed by atoms with E-state index in [9.17, 15) is 9.59 Å². The fraction of sp³-hybridized carbons (Fsp3) is 0.467. The van der Waals surface area contributed by atoms with Gasteiger partial charge in [0.1, 0.15) is 0 Å². The molecule has 0 saturated heterocycles. The minimum Gasteiger partial charge on any atom is -0.481 e. The van der Waals surface area contributed by atoms with Gasteiger partial charge in [0.15, 0.2) is 0 Å². The van der Waals surface area contributed by atoms with Gasteiger partial charge >= 0.3 is 5.97 Å². The Bertz CT molecular complexity index is 474. The van der Waals surface area contributed by atoms with Crippen molar-refractivity contribution >= 4 is 23.5 Å². The molecule has 0 saturated carbocycles. The van der Waals surface area contributed by atoms with Gasteiger partial charge in [0.05, 0.1) is 12.3 Å². The number of carbonyl (C=O) groups excluding carboxylic acids is 1. The lowest BCUT2D eigenvalue weighted by molar-refractivity contribution is -0.142. The van der Waals surface area contributed by atoms with Crippen molar-refractivity contribution in [3.63, 3.8) is 0 Å². The minimum atomic E-state index is -0.878. The number of carbonyl (C=O) groups is 2. The predicted molar refractivity (Wildman–Crippen MR) is 78.7 cm³/mol. The molecule has 0 spiro atoms. The van der Waals surface area contributed by atoms with Gasteiger partial charge in [-0.25, -0.2) is 0 Å². The van der Waals surface area contributed by atoms with E-state index in [4.69, 9.17) is 16.7 Å². The van der Waals surface area contributed by atoms with Crippen LogP contribution < -0.4 is 5.32 Å². The Morgan fingerprint density at radius 3 is 2.50 bits per heavy atom. The third-order valence-corrected chi connectivity index (χ3v) is 3.33. The molecule has 1 unspecified atom stereocenters. The molecule has 0 aliphatic carbocycles. The van der Waals surface area contributed by atoms with Crippen molar-refractivity contribution in [3.05, 3.63) is 34.9 Å². The Hall–Kier alpha value is -1.55. The number of carboxylic acid groups (broad SMARTS) is 1. The van der Waals surface area contributed by atoms with Crippen LogP contribution in [0.3, 0.4) is 0 Å². The molecule has 1 amide bonds. The molecular weight excluding hydrogens is 278 g/mol. The summed E-state index contributed by atoms with van der Waals surface area (Å²) in [5, 5.41) is 12.3. The van der Waals surface area contributed by atoms with Gasteiger partial charge < -0.3 is 10.4 Å². The second-order valence-corrected chi connectivity index (χ2v) is 5.64. The summed E-state index contributed by atoms with van der Waals surface area (Å²) in [5.74, 6) is -1.37. The molecule has 0 heterocycles. The summed E-state index contributed by atoms with van der Waals surface area (Å²) >= 11 is 5.98. The van der Waals surface area contributed by atoms with Gasteiger partial charge in [0.25, 0.3) is 0 Å². The highest BCUT2D eigenvalue weighted by molar-refractivity contribution is 6.31. The highest BCUT2D eigenvalue weighted by atomic mass is 35.5. The summed E-state index contributed by atoms with van der Waals surface area (Å²) in [4.78, 5) is 22.9. The zero-order valence-electron chi connectivity index (χ0n) is 11.7. The lowest BCUT2D eigenvalue weighted by atomic mass is 9.97. The van der Waals surface area contributed by atoms with Crippen molar-refractivity contribution in [2.24, 2.45) is 11.8 Å². The maximum atomic E-state index is 11.8. The molecule has 4 nitrogen and oxygen atoms in total. The van der Waals surface area contributed by atoms with E-state index in [2.05, 4.69) is 5.32 Å². The van der Waals surface area contributed by atoms with Crippen LogP contribution in [0.5, 0.6) is 0 Å². The normalized spacial score (nSPS) is 12.2. The second kappa shape index (κ2) is 7.90. The van der Waals surface area contributed by atoms with E-state index in [-0.39, 0.29) is 24.8 Å². The molecule has 1 atom stereocenters. The molecule has 1 rings (SSSR count). The number of aliphatic carboxylic acids is 1. The molecular formula is C15H20ClNO3. The van der Waals surface area contributed by atoms with Crippen LogP contribution in [0.1, 0.15) is 25.8 Å². The Morgan fingerprint density at radius 1 is 1.30 bits per heavy atom. The fourth-order valence-corrected chi connectivity index (χ4v) is 2.16. The third-order valence-electron chi connectivity index (χ3n) is 2.96. The monoisotopic (exact) mass is 297 g/mol. The van der Waals surface area contributed by atoms with Gasteiger partial charge in [-0.3, -0.25) is 9.59 Å². The lowest BCUT2D eigenvalue weighted by Gasteiger charge is -2.15. The SMILES string of the molecule is CC(C)CC(CNC(=O)Cc1ccccc1Cl)C(=O)O. The zero-order chi connectivity index (χ0) is 15.1. The molecule has 1 aromatic carbocycles. The van der Waals surface area contributed by atoms with Crippen LogP contribution in [-0.4, -0.2) is 23.5 Å².